The van der Waals surface area contributed by atoms with Crippen LogP contribution in [0.3, 0.4) is 0 Å². The quantitative estimate of drug-likeness (QED) is 0.510. The first-order valence-electron chi connectivity index (χ1n) is 7.55. The molecular weight excluding hydrogens is 320 g/mol. The fraction of sp³-hybridized carbons (Fsp3) is 0.158. The van der Waals surface area contributed by atoms with E-state index in [9.17, 15) is 4.79 Å². The summed E-state index contributed by atoms with van der Waals surface area (Å²) >= 11 is 1.59. The molecule has 0 spiro atoms. The van der Waals surface area contributed by atoms with Crippen molar-refractivity contribution in [3.05, 3.63) is 70.5 Å². The van der Waals surface area contributed by atoms with Crippen molar-refractivity contribution in [2.75, 3.05) is 7.11 Å². The van der Waals surface area contributed by atoms with Crippen LogP contribution >= 0.6 is 11.3 Å². The maximum Gasteiger partial charge on any atom is 0.193 e. The van der Waals surface area contributed by atoms with Gasteiger partial charge in [0, 0.05) is 28.5 Å². The Morgan fingerprint density at radius 2 is 2.12 bits per heavy atom. The number of carbonyl (C=O) groups excluding carboxylic acids is 1. The van der Waals surface area contributed by atoms with E-state index < -0.39 is 0 Å². The number of methoxy groups -OCH3 is 1. The highest BCUT2D eigenvalue weighted by Gasteiger charge is 2.11. The summed E-state index contributed by atoms with van der Waals surface area (Å²) in [4.78, 5) is 16.7. The van der Waals surface area contributed by atoms with Gasteiger partial charge in [0.25, 0.3) is 0 Å². The van der Waals surface area contributed by atoms with Crippen molar-refractivity contribution < 1.29 is 9.53 Å². The van der Waals surface area contributed by atoms with Crippen LogP contribution in [0.1, 0.15) is 27.3 Å². The summed E-state index contributed by atoms with van der Waals surface area (Å²) in [7, 11) is 1.59. The Balaban J connectivity index is 1.87. The van der Waals surface area contributed by atoms with E-state index in [0.29, 0.717) is 11.3 Å². The van der Waals surface area contributed by atoms with Gasteiger partial charge in [-0.05, 0) is 49.8 Å². The molecule has 3 aromatic rings. The smallest absolute Gasteiger partial charge is 0.193 e. The molecule has 1 aromatic carbocycles. The average molecular weight is 338 g/mol. The molecule has 0 aliphatic rings. The lowest BCUT2D eigenvalue weighted by Gasteiger charge is -2.04. The van der Waals surface area contributed by atoms with Gasteiger partial charge in [-0.1, -0.05) is 12.1 Å². The molecule has 2 aromatic heterocycles. The van der Waals surface area contributed by atoms with Crippen LogP contribution in [0.5, 0.6) is 5.75 Å². The third kappa shape index (κ3) is 3.16. The zero-order valence-corrected chi connectivity index (χ0v) is 14.6. The highest BCUT2D eigenvalue weighted by atomic mass is 32.1. The van der Waals surface area contributed by atoms with Crippen LogP contribution < -0.4 is 4.74 Å². The molecule has 3 rings (SSSR count). The predicted octanol–water partition coefficient (Wildman–Crippen LogP) is 4.46. The van der Waals surface area contributed by atoms with Gasteiger partial charge in [-0.25, -0.2) is 4.98 Å². The highest BCUT2D eigenvalue weighted by molar-refractivity contribution is 7.12. The molecule has 0 bridgehead atoms. The Morgan fingerprint density at radius 1 is 1.29 bits per heavy atom. The van der Waals surface area contributed by atoms with E-state index in [2.05, 4.69) is 15.6 Å². The molecule has 0 N–H and O–H groups in total. The number of benzene rings is 1. The van der Waals surface area contributed by atoms with E-state index in [4.69, 9.17) is 4.74 Å². The van der Waals surface area contributed by atoms with E-state index in [1.807, 2.05) is 37.4 Å². The van der Waals surface area contributed by atoms with Crippen LogP contribution in [-0.4, -0.2) is 22.4 Å². The molecule has 0 unspecified atom stereocenters. The zero-order chi connectivity index (χ0) is 17.1. The molecule has 0 fully saturated rings. The van der Waals surface area contributed by atoms with Gasteiger partial charge in [0.05, 0.1) is 7.11 Å². The zero-order valence-electron chi connectivity index (χ0n) is 13.8. The minimum Gasteiger partial charge on any atom is -0.497 e. The van der Waals surface area contributed by atoms with Crippen LogP contribution in [0, 0.1) is 13.8 Å². The number of hydrogen-bond acceptors (Lipinski definition) is 4. The van der Waals surface area contributed by atoms with E-state index >= 15 is 0 Å². The molecule has 2 heterocycles. The minimum absolute atomic E-state index is 0.0482. The van der Waals surface area contributed by atoms with E-state index in [0.717, 1.165) is 22.1 Å². The fourth-order valence-electron chi connectivity index (χ4n) is 2.62. The lowest BCUT2D eigenvalue weighted by atomic mass is 10.1. The van der Waals surface area contributed by atoms with Crippen molar-refractivity contribution in [2.24, 2.45) is 0 Å². The third-order valence-electron chi connectivity index (χ3n) is 3.85. The van der Waals surface area contributed by atoms with E-state index in [-0.39, 0.29) is 5.78 Å². The van der Waals surface area contributed by atoms with Crippen molar-refractivity contribution in [3.63, 3.8) is 0 Å². The third-order valence-corrected chi connectivity index (χ3v) is 4.61. The molecule has 0 saturated heterocycles. The van der Waals surface area contributed by atoms with Crippen LogP contribution in [0.25, 0.3) is 11.2 Å². The van der Waals surface area contributed by atoms with Crippen molar-refractivity contribution in [2.45, 2.75) is 13.8 Å². The van der Waals surface area contributed by atoms with E-state index in [1.165, 1.54) is 0 Å². The van der Waals surface area contributed by atoms with Gasteiger partial charge in [-0.15, -0.1) is 11.3 Å². The van der Waals surface area contributed by atoms with Gasteiger partial charge in [0.1, 0.15) is 5.75 Å². The summed E-state index contributed by atoms with van der Waals surface area (Å²) in [5.74, 6) is 0.629. The maximum absolute atomic E-state index is 12.4. The number of allylic oxidation sites excluding steroid dienone is 1. The molecule has 24 heavy (non-hydrogen) atoms. The second-order valence-electron chi connectivity index (χ2n) is 5.41. The number of ketones is 1. The van der Waals surface area contributed by atoms with Gasteiger partial charge in [-0.3, -0.25) is 9.36 Å². The maximum atomic E-state index is 12.4. The molecule has 0 aliphatic heterocycles. The number of aromatic nitrogens is 2. The molecule has 0 saturated carbocycles. The lowest BCUT2D eigenvalue weighted by Crippen LogP contribution is -1.98. The monoisotopic (exact) mass is 338 g/mol. The predicted molar refractivity (Wildman–Crippen MR) is 97.3 cm³/mol. The van der Waals surface area contributed by atoms with Crippen LogP contribution in [0.4, 0.5) is 0 Å². The molecular formula is C19H18N2O2S. The second kappa shape index (κ2) is 6.84. The van der Waals surface area contributed by atoms with Crippen molar-refractivity contribution in [3.8, 4) is 10.9 Å². The largest absolute Gasteiger partial charge is 0.497 e. The number of carbonyl (C=O) groups is 1. The van der Waals surface area contributed by atoms with Crippen molar-refractivity contribution >= 4 is 23.2 Å². The summed E-state index contributed by atoms with van der Waals surface area (Å²) < 4.78 is 7.26. The summed E-state index contributed by atoms with van der Waals surface area (Å²) in [6, 6.07) is 9.22. The van der Waals surface area contributed by atoms with Crippen LogP contribution in [0.15, 0.2) is 48.0 Å². The Bertz CT molecular complexity index is 892. The van der Waals surface area contributed by atoms with Gasteiger partial charge >= 0.3 is 0 Å². The SMILES string of the molecule is COc1cccc(C(=O)/C=C/c2cc(C)n(-c3nccs3)c2C)c1. The summed E-state index contributed by atoms with van der Waals surface area (Å²) in [6.07, 6.45) is 5.25. The number of rotatable bonds is 5. The first-order valence-corrected chi connectivity index (χ1v) is 8.43. The summed E-state index contributed by atoms with van der Waals surface area (Å²) in [5.41, 5.74) is 3.78. The highest BCUT2D eigenvalue weighted by Crippen LogP contribution is 2.23. The fourth-order valence-corrected chi connectivity index (χ4v) is 3.37. The van der Waals surface area contributed by atoms with Crippen molar-refractivity contribution in [1.29, 1.82) is 0 Å². The van der Waals surface area contributed by atoms with Crippen LogP contribution in [-0.2, 0) is 0 Å². The molecule has 4 nitrogen and oxygen atoms in total. The molecule has 0 radical (unpaired) electrons. The Hall–Kier alpha value is -2.66. The molecule has 0 aliphatic carbocycles. The molecule has 5 heteroatoms. The normalized spacial score (nSPS) is 11.1. The van der Waals surface area contributed by atoms with Gasteiger partial charge in [-0.2, -0.15) is 0 Å². The Morgan fingerprint density at radius 3 is 2.83 bits per heavy atom. The van der Waals surface area contributed by atoms with Gasteiger partial charge < -0.3 is 4.74 Å². The molecule has 0 atom stereocenters. The molecule has 0 amide bonds. The standard InChI is InChI=1S/C19H18N2O2S/c1-13-11-15(14(2)21(13)19-20-9-10-24-19)7-8-18(22)16-5-4-6-17(12-16)23-3/h4-12H,1-3H3/b8-7+. The number of nitrogens with zero attached hydrogens (tertiary/aromatic N) is 2. The number of ether oxygens (including phenoxy) is 1. The Labute approximate surface area is 145 Å². The van der Waals surface area contributed by atoms with E-state index in [1.54, 1.807) is 42.9 Å². The average Bonchev–Trinajstić information content (AvgIpc) is 3.20. The summed E-state index contributed by atoms with van der Waals surface area (Å²) in [6.45, 7) is 4.07. The number of aryl methyl sites for hydroxylation is 1. The number of thiazole rings is 1. The first kappa shape index (κ1) is 16.2. The Kier molecular flexibility index (Phi) is 4.62. The lowest BCUT2D eigenvalue weighted by molar-refractivity contribution is 0.104. The van der Waals surface area contributed by atoms with Gasteiger partial charge in [0.15, 0.2) is 10.9 Å². The number of hydrogen-bond donors (Lipinski definition) is 0. The second-order valence-corrected chi connectivity index (χ2v) is 6.28. The van der Waals surface area contributed by atoms with Gasteiger partial charge in [0.2, 0.25) is 0 Å². The topological polar surface area (TPSA) is 44.1 Å². The summed E-state index contributed by atoms with van der Waals surface area (Å²) in [5, 5.41) is 2.89. The molecule has 122 valence electrons. The van der Waals surface area contributed by atoms with Crippen LogP contribution in [0.2, 0.25) is 0 Å². The van der Waals surface area contributed by atoms with Crippen molar-refractivity contribution in [1.82, 2.24) is 9.55 Å². The first-order chi connectivity index (χ1) is 11.6. The minimum atomic E-state index is -0.0482.